The summed E-state index contributed by atoms with van der Waals surface area (Å²) in [7, 11) is 0. The summed E-state index contributed by atoms with van der Waals surface area (Å²) < 4.78 is 18.8. The summed E-state index contributed by atoms with van der Waals surface area (Å²) in [5.41, 5.74) is 1.52. The van der Waals surface area contributed by atoms with Gasteiger partial charge in [0, 0.05) is 11.3 Å². The average Bonchev–Trinajstić information content (AvgIpc) is 2.80. The van der Waals surface area contributed by atoms with Crippen molar-refractivity contribution in [2.45, 2.75) is 12.7 Å². The van der Waals surface area contributed by atoms with Gasteiger partial charge in [0.25, 0.3) is 0 Å². The molecule has 0 amide bonds. The largest absolute Gasteiger partial charge is 0.491 e. The Hall–Kier alpha value is -1.49. The second-order valence-corrected chi connectivity index (χ2v) is 3.80. The van der Waals surface area contributed by atoms with Crippen LogP contribution in [0, 0.1) is 5.82 Å². The third kappa shape index (κ3) is 2.61. The lowest BCUT2D eigenvalue weighted by atomic mass is 10.1. The van der Waals surface area contributed by atoms with Crippen LogP contribution in [0.5, 0.6) is 5.75 Å². The molecule has 0 saturated carbocycles. The second-order valence-electron chi connectivity index (χ2n) is 3.48. The lowest BCUT2D eigenvalue weighted by Crippen LogP contribution is -1.94. The Morgan fingerprint density at radius 1 is 1.47 bits per heavy atom. The summed E-state index contributed by atoms with van der Waals surface area (Å²) >= 11 is 4.11. The van der Waals surface area contributed by atoms with Gasteiger partial charge in [0.2, 0.25) is 0 Å². The summed E-state index contributed by atoms with van der Waals surface area (Å²) in [6, 6.07) is 4.85. The van der Waals surface area contributed by atoms with Gasteiger partial charge in [0.1, 0.15) is 5.82 Å². The number of thiol groups is 1. The first-order valence-corrected chi connectivity index (χ1v) is 5.95. The minimum Gasteiger partial charge on any atom is -0.491 e. The van der Waals surface area contributed by atoms with E-state index in [9.17, 15) is 4.39 Å². The fraction of sp³-hybridized carbons (Fsp3) is 0.250. The molecule has 90 valence electrons. The third-order valence-corrected chi connectivity index (χ3v) is 2.62. The van der Waals surface area contributed by atoms with Crippen molar-refractivity contribution in [2.75, 3.05) is 6.61 Å². The lowest BCUT2D eigenvalue weighted by molar-refractivity contribution is 0.321. The zero-order valence-electron chi connectivity index (χ0n) is 9.40. The molecular weight excluding hydrogens is 239 g/mol. The van der Waals surface area contributed by atoms with Gasteiger partial charge >= 0.3 is 0 Å². The Balaban J connectivity index is 2.30. The molecule has 0 atom stereocenters. The highest BCUT2D eigenvalue weighted by Crippen LogP contribution is 2.24. The first-order valence-electron chi connectivity index (χ1n) is 5.32. The molecule has 1 aromatic carbocycles. The normalized spacial score (nSPS) is 10.5. The molecule has 0 aliphatic carbocycles. The Kier molecular flexibility index (Phi) is 3.68. The smallest absolute Gasteiger partial charge is 0.165 e. The van der Waals surface area contributed by atoms with Crippen LogP contribution in [0.3, 0.4) is 0 Å². The van der Waals surface area contributed by atoms with Gasteiger partial charge in [-0.2, -0.15) is 12.6 Å². The van der Waals surface area contributed by atoms with E-state index in [-0.39, 0.29) is 11.6 Å². The number of aromatic nitrogens is 2. The number of benzene rings is 1. The molecule has 17 heavy (non-hydrogen) atoms. The van der Waals surface area contributed by atoms with Gasteiger partial charge in [0.05, 0.1) is 18.5 Å². The van der Waals surface area contributed by atoms with E-state index in [0.29, 0.717) is 12.4 Å². The summed E-state index contributed by atoms with van der Waals surface area (Å²) in [6.45, 7) is 2.27. The van der Waals surface area contributed by atoms with Crippen LogP contribution in [-0.4, -0.2) is 16.6 Å². The molecule has 2 aromatic rings. The number of H-pyrrole nitrogens is 1. The number of ether oxygens (including phenoxy) is 1. The summed E-state index contributed by atoms with van der Waals surface area (Å²) in [6.07, 6.45) is 1.67. The quantitative estimate of drug-likeness (QED) is 0.821. The van der Waals surface area contributed by atoms with E-state index in [0.717, 1.165) is 17.1 Å². The van der Waals surface area contributed by atoms with Gasteiger partial charge in [0.15, 0.2) is 11.6 Å². The van der Waals surface area contributed by atoms with Crippen molar-refractivity contribution in [3.63, 3.8) is 0 Å². The van der Waals surface area contributed by atoms with Crippen molar-refractivity contribution in [2.24, 2.45) is 0 Å². The zero-order chi connectivity index (χ0) is 12.3. The highest BCUT2D eigenvalue weighted by molar-refractivity contribution is 7.79. The Morgan fingerprint density at radius 3 is 2.88 bits per heavy atom. The van der Waals surface area contributed by atoms with Crippen LogP contribution in [0.15, 0.2) is 24.4 Å². The standard InChI is InChI=1S/C12H13FN2OS/c1-2-16-11-4-3-8(5-9(11)13)10-6-14-12(7-17)15-10/h3-6,17H,2,7H2,1H3,(H,14,15). The van der Waals surface area contributed by atoms with E-state index in [2.05, 4.69) is 22.6 Å². The highest BCUT2D eigenvalue weighted by Gasteiger charge is 2.07. The van der Waals surface area contributed by atoms with Crippen molar-refractivity contribution < 1.29 is 9.13 Å². The van der Waals surface area contributed by atoms with Gasteiger partial charge in [-0.05, 0) is 25.1 Å². The lowest BCUT2D eigenvalue weighted by Gasteiger charge is -2.05. The van der Waals surface area contributed by atoms with Crippen LogP contribution in [0.25, 0.3) is 11.3 Å². The SMILES string of the molecule is CCOc1ccc(-c2cnc(CS)[nH]2)cc1F. The monoisotopic (exact) mass is 252 g/mol. The predicted molar refractivity (Wildman–Crippen MR) is 67.8 cm³/mol. The van der Waals surface area contributed by atoms with Crippen LogP contribution >= 0.6 is 12.6 Å². The number of nitrogens with one attached hydrogen (secondary N) is 1. The molecule has 1 aromatic heterocycles. The van der Waals surface area contributed by atoms with Gasteiger partial charge in [-0.1, -0.05) is 0 Å². The molecule has 3 nitrogen and oxygen atoms in total. The molecule has 1 N–H and O–H groups in total. The van der Waals surface area contributed by atoms with Crippen molar-refractivity contribution in [1.82, 2.24) is 9.97 Å². The average molecular weight is 252 g/mol. The summed E-state index contributed by atoms with van der Waals surface area (Å²) in [5.74, 6) is 1.19. The van der Waals surface area contributed by atoms with Crippen molar-refractivity contribution in [3.05, 3.63) is 36.0 Å². The maximum absolute atomic E-state index is 13.6. The molecule has 5 heteroatoms. The predicted octanol–water partition coefficient (Wildman–Crippen LogP) is 3.04. The van der Waals surface area contributed by atoms with E-state index in [1.165, 1.54) is 6.07 Å². The van der Waals surface area contributed by atoms with E-state index >= 15 is 0 Å². The highest BCUT2D eigenvalue weighted by atomic mass is 32.1. The molecule has 1 heterocycles. The molecule has 0 fully saturated rings. The van der Waals surface area contributed by atoms with Crippen LogP contribution in [0.1, 0.15) is 12.7 Å². The summed E-state index contributed by atoms with van der Waals surface area (Å²) in [4.78, 5) is 7.18. The van der Waals surface area contributed by atoms with Gasteiger partial charge in [-0.25, -0.2) is 9.37 Å². The Labute approximate surface area is 104 Å². The number of hydrogen-bond donors (Lipinski definition) is 2. The fourth-order valence-electron chi connectivity index (χ4n) is 1.53. The zero-order valence-corrected chi connectivity index (χ0v) is 10.3. The first-order chi connectivity index (χ1) is 8.24. The number of nitrogens with zero attached hydrogens (tertiary/aromatic N) is 1. The fourth-order valence-corrected chi connectivity index (χ4v) is 1.69. The molecule has 0 aliphatic heterocycles. The maximum atomic E-state index is 13.6. The van der Waals surface area contributed by atoms with Crippen LogP contribution in [0.2, 0.25) is 0 Å². The minimum absolute atomic E-state index is 0.269. The number of hydrogen-bond acceptors (Lipinski definition) is 3. The number of rotatable bonds is 4. The Morgan fingerprint density at radius 2 is 2.29 bits per heavy atom. The van der Waals surface area contributed by atoms with Gasteiger partial charge in [-0.15, -0.1) is 0 Å². The topological polar surface area (TPSA) is 37.9 Å². The molecule has 0 saturated heterocycles. The van der Waals surface area contributed by atoms with Gasteiger partial charge < -0.3 is 9.72 Å². The minimum atomic E-state index is -0.369. The number of halogens is 1. The van der Waals surface area contributed by atoms with E-state index in [1.54, 1.807) is 18.3 Å². The van der Waals surface area contributed by atoms with Crippen molar-refractivity contribution >= 4 is 12.6 Å². The molecule has 0 spiro atoms. The van der Waals surface area contributed by atoms with Crippen LogP contribution in [0.4, 0.5) is 4.39 Å². The second kappa shape index (κ2) is 5.23. The van der Waals surface area contributed by atoms with Crippen molar-refractivity contribution in [3.8, 4) is 17.0 Å². The van der Waals surface area contributed by atoms with E-state index in [4.69, 9.17) is 4.74 Å². The van der Waals surface area contributed by atoms with Gasteiger partial charge in [-0.3, -0.25) is 0 Å². The molecule has 0 unspecified atom stereocenters. The molecule has 0 bridgehead atoms. The maximum Gasteiger partial charge on any atom is 0.165 e. The van der Waals surface area contributed by atoms with Crippen LogP contribution in [-0.2, 0) is 5.75 Å². The molecule has 2 rings (SSSR count). The van der Waals surface area contributed by atoms with Crippen LogP contribution < -0.4 is 4.74 Å². The van der Waals surface area contributed by atoms with Crippen molar-refractivity contribution in [1.29, 1.82) is 0 Å². The molecule has 0 radical (unpaired) electrons. The number of imidazole rings is 1. The van der Waals surface area contributed by atoms with E-state index < -0.39 is 0 Å². The summed E-state index contributed by atoms with van der Waals surface area (Å²) in [5, 5.41) is 0. The first kappa shape index (κ1) is 12.0. The van der Waals surface area contributed by atoms with E-state index in [1.807, 2.05) is 6.92 Å². The molecule has 0 aliphatic rings. The molecular formula is C12H13FN2OS. The Bertz CT molecular complexity index is 513. The third-order valence-electron chi connectivity index (χ3n) is 2.32. The number of aromatic amines is 1.